The fourth-order valence-electron chi connectivity index (χ4n) is 2.43. The first-order valence-electron chi connectivity index (χ1n) is 8.38. The van der Waals surface area contributed by atoms with E-state index in [1.54, 1.807) is 31.2 Å². The summed E-state index contributed by atoms with van der Waals surface area (Å²) in [6.45, 7) is 6.61. The van der Waals surface area contributed by atoms with Crippen LogP contribution in [0.3, 0.4) is 0 Å². The van der Waals surface area contributed by atoms with Gasteiger partial charge in [0.05, 0.1) is 17.9 Å². The number of carbonyl (C=O) groups excluding carboxylic acids is 2. The first kappa shape index (κ1) is 18.5. The number of nitrogens with one attached hydrogen (secondary N) is 2. The molecule has 2 aromatic rings. The van der Waals surface area contributed by atoms with Crippen LogP contribution in [0.2, 0.25) is 0 Å². The van der Waals surface area contributed by atoms with Crippen molar-refractivity contribution in [3.05, 3.63) is 59.2 Å². The van der Waals surface area contributed by atoms with Gasteiger partial charge in [-0.15, -0.1) is 0 Å². The summed E-state index contributed by atoms with van der Waals surface area (Å²) in [6, 6.07) is 13.0. The highest BCUT2D eigenvalue weighted by molar-refractivity contribution is 6.01. The Labute approximate surface area is 148 Å². The molecule has 0 aliphatic heterocycles. The molecule has 5 heteroatoms. The molecule has 0 heterocycles. The summed E-state index contributed by atoms with van der Waals surface area (Å²) >= 11 is 0. The number of amides is 1. The number of anilines is 2. The van der Waals surface area contributed by atoms with E-state index < -0.39 is 5.97 Å². The second-order valence-electron chi connectivity index (χ2n) is 5.81. The zero-order chi connectivity index (χ0) is 18.2. The molecular formula is C20H24N2O3. The Balaban J connectivity index is 1.92. The SMILES string of the molecule is CCOC(=O)c1ccccc1NC(=O)CCNc1cc(C)ccc1C. The summed E-state index contributed by atoms with van der Waals surface area (Å²) in [5, 5.41) is 6.06. The van der Waals surface area contributed by atoms with Crippen molar-refractivity contribution in [1.29, 1.82) is 0 Å². The molecule has 0 aromatic heterocycles. The number of rotatable bonds is 7. The van der Waals surface area contributed by atoms with E-state index in [0.29, 0.717) is 30.8 Å². The topological polar surface area (TPSA) is 67.4 Å². The van der Waals surface area contributed by atoms with Crippen molar-refractivity contribution in [2.24, 2.45) is 0 Å². The van der Waals surface area contributed by atoms with Gasteiger partial charge < -0.3 is 15.4 Å². The Hall–Kier alpha value is -2.82. The number of esters is 1. The van der Waals surface area contributed by atoms with Crippen LogP contribution in [-0.4, -0.2) is 25.0 Å². The molecule has 0 unspecified atom stereocenters. The number of carbonyl (C=O) groups is 2. The first-order chi connectivity index (χ1) is 12.0. The average molecular weight is 340 g/mol. The molecule has 0 fully saturated rings. The van der Waals surface area contributed by atoms with Crippen molar-refractivity contribution in [2.45, 2.75) is 27.2 Å². The standard InChI is InChI=1S/C20H24N2O3/c1-4-25-20(24)16-7-5-6-8-17(16)22-19(23)11-12-21-18-13-14(2)9-10-15(18)3/h5-10,13,21H,4,11-12H2,1-3H3,(H,22,23). The monoisotopic (exact) mass is 340 g/mol. The molecule has 0 aliphatic rings. The van der Waals surface area contributed by atoms with Crippen molar-refractivity contribution in [2.75, 3.05) is 23.8 Å². The Morgan fingerprint density at radius 1 is 1.04 bits per heavy atom. The van der Waals surface area contributed by atoms with Crippen LogP contribution in [0.1, 0.15) is 34.8 Å². The molecular weight excluding hydrogens is 316 g/mol. The van der Waals surface area contributed by atoms with Crippen molar-refractivity contribution >= 4 is 23.3 Å². The first-order valence-corrected chi connectivity index (χ1v) is 8.38. The molecule has 132 valence electrons. The lowest BCUT2D eigenvalue weighted by Gasteiger charge is -2.12. The number of hydrogen-bond donors (Lipinski definition) is 2. The number of benzene rings is 2. The molecule has 0 saturated carbocycles. The minimum atomic E-state index is -0.438. The molecule has 0 spiro atoms. The van der Waals surface area contributed by atoms with E-state index in [2.05, 4.69) is 22.8 Å². The third-order valence-corrected chi connectivity index (χ3v) is 3.76. The van der Waals surface area contributed by atoms with Crippen LogP contribution in [0.25, 0.3) is 0 Å². The third-order valence-electron chi connectivity index (χ3n) is 3.76. The van der Waals surface area contributed by atoms with Gasteiger partial charge in [-0.2, -0.15) is 0 Å². The number of hydrogen-bond acceptors (Lipinski definition) is 4. The second kappa shape index (κ2) is 8.87. The summed E-state index contributed by atoms with van der Waals surface area (Å²) in [5.41, 5.74) is 4.16. The maximum atomic E-state index is 12.2. The van der Waals surface area contributed by atoms with Gasteiger partial charge in [-0.1, -0.05) is 24.3 Å². The maximum Gasteiger partial charge on any atom is 0.340 e. The van der Waals surface area contributed by atoms with E-state index in [1.165, 1.54) is 5.56 Å². The number of para-hydroxylation sites is 1. The highest BCUT2D eigenvalue weighted by Crippen LogP contribution is 2.18. The van der Waals surface area contributed by atoms with Gasteiger partial charge in [0.1, 0.15) is 0 Å². The molecule has 0 atom stereocenters. The fourth-order valence-corrected chi connectivity index (χ4v) is 2.43. The fraction of sp³-hybridized carbons (Fsp3) is 0.300. The van der Waals surface area contributed by atoms with Gasteiger partial charge in [0, 0.05) is 18.7 Å². The van der Waals surface area contributed by atoms with Crippen LogP contribution in [0.5, 0.6) is 0 Å². The van der Waals surface area contributed by atoms with E-state index in [1.807, 2.05) is 19.9 Å². The molecule has 2 rings (SSSR count). The zero-order valence-electron chi connectivity index (χ0n) is 14.9. The van der Waals surface area contributed by atoms with E-state index in [4.69, 9.17) is 4.74 Å². The zero-order valence-corrected chi connectivity index (χ0v) is 14.9. The molecule has 1 amide bonds. The van der Waals surface area contributed by atoms with Crippen molar-refractivity contribution in [1.82, 2.24) is 0 Å². The Kier molecular flexibility index (Phi) is 6.57. The predicted molar refractivity (Wildman–Crippen MR) is 100 cm³/mol. The predicted octanol–water partition coefficient (Wildman–Crippen LogP) is 3.92. The molecule has 0 aliphatic carbocycles. The van der Waals surface area contributed by atoms with Crippen LogP contribution >= 0.6 is 0 Å². The molecule has 2 aromatic carbocycles. The second-order valence-corrected chi connectivity index (χ2v) is 5.81. The van der Waals surface area contributed by atoms with Gasteiger partial charge >= 0.3 is 5.97 Å². The van der Waals surface area contributed by atoms with Gasteiger partial charge in [0.2, 0.25) is 5.91 Å². The molecule has 0 radical (unpaired) electrons. The average Bonchev–Trinajstić information content (AvgIpc) is 2.58. The van der Waals surface area contributed by atoms with Crippen LogP contribution < -0.4 is 10.6 Å². The Morgan fingerprint density at radius 2 is 1.80 bits per heavy atom. The van der Waals surface area contributed by atoms with Gasteiger partial charge in [-0.3, -0.25) is 4.79 Å². The normalized spacial score (nSPS) is 10.2. The smallest absolute Gasteiger partial charge is 0.340 e. The molecule has 25 heavy (non-hydrogen) atoms. The van der Waals surface area contributed by atoms with Crippen LogP contribution in [0.4, 0.5) is 11.4 Å². The Bertz CT molecular complexity index is 756. The molecule has 0 saturated heterocycles. The molecule has 2 N–H and O–H groups in total. The third kappa shape index (κ3) is 5.35. The molecule has 5 nitrogen and oxygen atoms in total. The van der Waals surface area contributed by atoms with Gasteiger partial charge in [-0.05, 0) is 50.1 Å². The van der Waals surface area contributed by atoms with E-state index in [-0.39, 0.29) is 5.91 Å². The lowest BCUT2D eigenvalue weighted by molar-refractivity contribution is -0.115. The van der Waals surface area contributed by atoms with Gasteiger partial charge in [0.15, 0.2) is 0 Å². The summed E-state index contributed by atoms with van der Waals surface area (Å²) in [4.78, 5) is 24.1. The Morgan fingerprint density at radius 3 is 2.56 bits per heavy atom. The largest absolute Gasteiger partial charge is 0.462 e. The van der Waals surface area contributed by atoms with Gasteiger partial charge in [0.25, 0.3) is 0 Å². The highest BCUT2D eigenvalue weighted by atomic mass is 16.5. The van der Waals surface area contributed by atoms with Crippen LogP contribution in [-0.2, 0) is 9.53 Å². The summed E-state index contributed by atoms with van der Waals surface area (Å²) < 4.78 is 5.01. The summed E-state index contributed by atoms with van der Waals surface area (Å²) in [5.74, 6) is -0.596. The summed E-state index contributed by atoms with van der Waals surface area (Å²) in [6.07, 6.45) is 0.296. The quantitative estimate of drug-likeness (QED) is 0.750. The van der Waals surface area contributed by atoms with E-state index >= 15 is 0 Å². The minimum absolute atomic E-state index is 0.158. The molecule has 0 bridgehead atoms. The van der Waals surface area contributed by atoms with Crippen LogP contribution in [0, 0.1) is 13.8 Å². The van der Waals surface area contributed by atoms with Crippen molar-refractivity contribution in [3.63, 3.8) is 0 Å². The lowest BCUT2D eigenvalue weighted by Crippen LogP contribution is -2.18. The van der Waals surface area contributed by atoms with E-state index in [0.717, 1.165) is 11.3 Å². The lowest BCUT2D eigenvalue weighted by atomic mass is 10.1. The van der Waals surface area contributed by atoms with Crippen LogP contribution in [0.15, 0.2) is 42.5 Å². The number of aryl methyl sites for hydroxylation is 2. The maximum absolute atomic E-state index is 12.2. The van der Waals surface area contributed by atoms with E-state index in [9.17, 15) is 9.59 Å². The van der Waals surface area contributed by atoms with Crippen molar-refractivity contribution in [3.8, 4) is 0 Å². The number of ether oxygens (including phenoxy) is 1. The highest BCUT2D eigenvalue weighted by Gasteiger charge is 2.13. The van der Waals surface area contributed by atoms with Crippen molar-refractivity contribution < 1.29 is 14.3 Å². The summed E-state index contributed by atoms with van der Waals surface area (Å²) in [7, 11) is 0. The minimum Gasteiger partial charge on any atom is -0.462 e. The van der Waals surface area contributed by atoms with Gasteiger partial charge in [-0.25, -0.2) is 4.79 Å².